The molecule has 1 rings (SSSR count). The van der Waals surface area contributed by atoms with Crippen LogP contribution in [-0.4, -0.2) is 34.2 Å². The van der Waals surface area contributed by atoms with Crippen molar-refractivity contribution in [2.24, 2.45) is 5.92 Å². The average Bonchev–Trinajstić information content (AvgIpc) is 2.36. The van der Waals surface area contributed by atoms with Crippen LogP contribution in [-0.2, 0) is 0 Å². The van der Waals surface area contributed by atoms with E-state index in [1.54, 1.807) is 0 Å². The molecule has 0 fully saturated rings. The van der Waals surface area contributed by atoms with Crippen LogP contribution in [0.25, 0.3) is 0 Å². The largest absolute Gasteiger partial charge is 0.463 e. The zero-order chi connectivity index (χ0) is 15.0. The molecule has 1 N–H and O–H groups in total. The summed E-state index contributed by atoms with van der Waals surface area (Å²) in [4.78, 5) is 12.6. The molecule has 0 bridgehead atoms. The van der Waals surface area contributed by atoms with Gasteiger partial charge in [0.1, 0.15) is 0 Å². The molecular weight excluding hydrogens is 256 g/mol. The smallest absolute Gasteiger partial charge is 0.324 e. The maximum absolute atomic E-state index is 5.65. The summed E-state index contributed by atoms with van der Waals surface area (Å²) in [7, 11) is 0. The highest BCUT2D eigenvalue weighted by Crippen LogP contribution is 2.15. The first-order valence-corrected chi connectivity index (χ1v) is 7.34. The summed E-state index contributed by atoms with van der Waals surface area (Å²) in [5.41, 5.74) is 0. The minimum Gasteiger partial charge on any atom is -0.463 e. The molecule has 1 heterocycles. The lowest BCUT2D eigenvalue weighted by atomic mass is 10.1. The standard InChI is InChI=1S/C14H26N4O2/c1-6-8-11(5)9-19-13-16-12(15-7-2)17-14(18-13)20-10(3)4/h10-11H,6-9H2,1-5H3,(H,15,16,17,18). The second-order valence-corrected chi connectivity index (χ2v) is 5.13. The van der Waals surface area contributed by atoms with E-state index in [0.29, 0.717) is 30.5 Å². The van der Waals surface area contributed by atoms with Gasteiger partial charge in [0, 0.05) is 6.54 Å². The third-order valence-electron chi connectivity index (χ3n) is 2.55. The molecule has 1 unspecified atom stereocenters. The van der Waals surface area contributed by atoms with Crippen molar-refractivity contribution in [2.75, 3.05) is 18.5 Å². The predicted octanol–water partition coefficient (Wildman–Crippen LogP) is 2.91. The van der Waals surface area contributed by atoms with Crippen molar-refractivity contribution in [3.05, 3.63) is 0 Å². The molecule has 0 aromatic carbocycles. The Morgan fingerprint density at radius 1 is 1.05 bits per heavy atom. The predicted molar refractivity (Wildman–Crippen MR) is 79.3 cm³/mol. The Balaban J connectivity index is 2.74. The average molecular weight is 282 g/mol. The maximum atomic E-state index is 5.65. The van der Waals surface area contributed by atoms with Gasteiger partial charge in [-0.15, -0.1) is 4.98 Å². The molecule has 114 valence electrons. The third kappa shape index (κ3) is 6.04. The molecule has 0 aliphatic rings. The van der Waals surface area contributed by atoms with Crippen LogP contribution in [0.2, 0.25) is 0 Å². The second kappa shape index (κ2) is 8.55. The van der Waals surface area contributed by atoms with E-state index in [4.69, 9.17) is 9.47 Å². The van der Waals surface area contributed by atoms with E-state index in [-0.39, 0.29) is 6.10 Å². The topological polar surface area (TPSA) is 69.2 Å². The van der Waals surface area contributed by atoms with Gasteiger partial charge in [0.05, 0.1) is 12.7 Å². The molecule has 0 amide bonds. The summed E-state index contributed by atoms with van der Waals surface area (Å²) in [6.45, 7) is 11.5. The zero-order valence-corrected chi connectivity index (χ0v) is 13.1. The summed E-state index contributed by atoms with van der Waals surface area (Å²) in [5.74, 6) is 0.963. The summed E-state index contributed by atoms with van der Waals surface area (Å²) in [6, 6.07) is 0.610. The highest BCUT2D eigenvalue weighted by atomic mass is 16.5. The first-order valence-electron chi connectivity index (χ1n) is 7.34. The first kappa shape index (κ1) is 16.5. The quantitative estimate of drug-likeness (QED) is 0.751. The van der Waals surface area contributed by atoms with Crippen LogP contribution in [0.5, 0.6) is 12.0 Å². The molecule has 1 aromatic heterocycles. The summed E-state index contributed by atoms with van der Waals surface area (Å²) in [5, 5.41) is 3.05. The number of rotatable bonds is 9. The van der Waals surface area contributed by atoms with Gasteiger partial charge in [0.25, 0.3) is 0 Å². The van der Waals surface area contributed by atoms with E-state index >= 15 is 0 Å². The zero-order valence-electron chi connectivity index (χ0n) is 13.1. The van der Waals surface area contributed by atoms with E-state index in [9.17, 15) is 0 Å². The van der Waals surface area contributed by atoms with Crippen molar-refractivity contribution in [3.8, 4) is 12.0 Å². The van der Waals surface area contributed by atoms with E-state index < -0.39 is 0 Å². The van der Waals surface area contributed by atoms with Gasteiger partial charge in [-0.3, -0.25) is 0 Å². The van der Waals surface area contributed by atoms with Gasteiger partial charge in [-0.25, -0.2) is 0 Å². The van der Waals surface area contributed by atoms with Crippen LogP contribution in [0.1, 0.15) is 47.5 Å². The van der Waals surface area contributed by atoms with E-state index in [0.717, 1.165) is 19.4 Å². The fraction of sp³-hybridized carbons (Fsp3) is 0.786. The molecule has 0 radical (unpaired) electrons. The van der Waals surface area contributed by atoms with E-state index in [1.165, 1.54) is 0 Å². The van der Waals surface area contributed by atoms with Gasteiger partial charge in [-0.2, -0.15) is 9.97 Å². The van der Waals surface area contributed by atoms with Crippen molar-refractivity contribution in [1.82, 2.24) is 15.0 Å². The fourth-order valence-electron chi connectivity index (χ4n) is 1.70. The van der Waals surface area contributed by atoms with Crippen LogP contribution >= 0.6 is 0 Å². The minimum absolute atomic E-state index is 0.0127. The Hall–Kier alpha value is -1.59. The maximum Gasteiger partial charge on any atom is 0.324 e. The van der Waals surface area contributed by atoms with Gasteiger partial charge >= 0.3 is 12.0 Å². The molecule has 6 heteroatoms. The lowest BCUT2D eigenvalue weighted by Gasteiger charge is -2.13. The molecule has 0 spiro atoms. The van der Waals surface area contributed by atoms with Crippen LogP contribution in [0.4, 0.5) is 5.95 Å². The molecular formula is C14H26N4O2. The number of nitrogens with zero attached hydrogens (tertiary/aromatic N) is 3. The molecule has 0 saturated heterocycles. The van der Waals surface area contributed by atoms with Crippen LogP contribution in [0, 0.1) is 5.92 Å². The highest BCUT2D eigenvalue weighted by molar-refractivity contribution is 5.27. The normalized spacial score (nSPS) is 12.3. The Morgan fingerprint density at radius 3 is 2.35 bits per heavy atom. The number of hydrogen-bond acceptors (Lipinski definition) is 6. The van der Waals surface area contributed by atoms with Crippen LogP contribution in [0.3, 0.4) is 0 Å². The van der Waals surface area contributed by atoms with Crippen LogP contribution in [0.15, 0.2) is 0 Å². The fourth-order valence-corrected chi connectivity index (χ4v) is 1.70. The van der Waals surface area contributed by atoms with Gasteiger partial charge in [0.15, 0.2) is 0 Å². The number of aromatic nitrogens is 3. The van der Waals surface area contributed by atoms with Gasteiger partial charge in [0.2, 0.25) is 5.95 Å². The van der Waals surface area contributed by atoms with Gasteiger partial charge < -0.3 is 14.8 Å². The summed E-state index contributed by atoms with van der Waals surface area (Å²) in [6.07, 6.45) is 2.28. The Labute approximate surface area is 121 Å². The number of nitrogens with one attached hydrogen (secondary N) is 1. The van der Waals surface area contributed by atoms with Crippen molar-refractivity contribution in [3.63, 3.8) is 0 Å². The Morgan fingerprint density at radius 2 is 1.75 bits per heavy atom. The first-order chi connectivity index (χ1) is 9.55. The van der Waals surface area contributed by atoms with Crippen molar-refractivity contribution in [2.45, 2.75) is 53.6 Å². The third-order valence-corrected chi connectivity index (χ3v) is 2.55. The highest BCUT2D eigenvalue weighted by Gasteiger charge is 2.11. The SMILES string of the molecule is CCCC(C)COc1nc(NCC)nc(OC(C)C)n1. The van der Waals surface area contributed by atoms with Crippen LogP contribution < -0.4 is 14.8 Å². The lowest BCUT2D eigenvalue weighted by molar-refractivity contribution is 0.203. The number of ether oxygens (including phenoxy) is 2. The molecule has 0 saturated carbocycles. The molecule has 6 nitrogen and oxygen atoms in total. The second-order valence-electron chi connectivity index (χ2n) is 5.13. The Bertz CT molecular complexity index is 399. The minimum atomic E-state index is 0.0127. The number of anilines is 1. The lowest BCUT2D eigenvalue weighted by Crippen LogP contribution is -2.14. The molecule has 0 aliphatic heterocycles. The monoisotopic (exact) mass is 282 g/mol. The molecule has 20 heavy (non-hydrogen) atoms. The number of hydrogen-bond donors (Lipinski definition) is 1. The van der Waals surface area contributed by atoms with Crippen molar-refractivity contribution in [1.29, 1.82) is 0 Å². The molecule has 1 aromatic rings. The van der Waals surface area contributed by atoms with Gasteiger partial charge in [-0.05, 0) is 33.1 Å². The van der Waals surface area contributed by atoms with Gasteiger partial charge in [-0.1, -0.05) is 20.3 Å². The van der Waals surface area contributed by atoms with E-state index in [1.807, 2.05) is 20.8 Å². The molecule has 0 aliphatic carbocycles. The summed E-state index contributed by atoms with van der Waals surface area (Å²) >= 11 is 0. The van der Waals surface area contributed by atoms with Crippen molar-refractivity contribution >= 4 is 5.95 Å². The van der Waals surface area contributed by atoms with Crippen molar-refractivity contribution < 1.29 is 9.47 Å². The molecule has 1 atom stereocenters. The Kier molecular flexibility index (Phi) is 7.04. The van der Waals surface area contributed by atoms with E-state index in [2.05, 4.69) is 34.1 Å². The summed E-state index contributed by atoms with van der Waals surface area (Å²) < 4.78 is 11.2.